The van der Waals surface area contributed by atoms with Crippen LogP contribution in [0.2, 0.25) is 0 Å². The highest BCUT2D eigenvalue weighted by Gasteiger charge is 2.24. The van der Waals surface area contributed by atoms with Crippen LogP contribution in [0.25, 0.3) is 0 Å². The average Bonchev–Trinajstić information content (AvgIpc) is 2.43. The maximum atomic E-state index is 11.9. The molecule has 2 unspecified atom stereocenters. The molecule has 0 aromatic carbocycles. The van der Waals surface area contributed by atoms with E-state index in [0.717, 1.165) is 18.8 Å². The molecule has 0 amide bonds. The lowest BCUT2D eigenvalue weighted by atomic mass is 9.88. The first-order valence-electron chi connectivity index (χ1n) is 6.68. The number of Topliss-reactive ketones (excluding diaryl/α,β-unsaturated/α-hetero) is 1. The van der Waals surface area contributed by atoms with E-state index >= 15 is 0 Å². The van der Waals surface area contributed by atoms with E-state index in [9.17, 15) is 4.79 Å². The summed E-state index contributed by atoms with van der Waals surface area (Å²) in [5, 5.41) is 0. The number of rotatable bonds is 4. The topological polar surface area (TPSA) is 17.1 Å². The molecule has 1 heteroatoms. The van der Waals surface area contributed by atoms with E-state index in [1.54, 1.807) is 0 Å². The van der Waals surface area contributed by atoms with E-state index in [4.69, 9.17) is 0 Å². The molecular weight excluding hydrogens is 184 g/mol. The van der Waals surface area contributed by atoms with Crippen molar-refractivity contribution in [3.05, 3.63) is 0 Å². The molecule has 0 N–H and O–H groups in total. The summed E-state index contributed by atoms with van der Waals surface area (Å²) in [5.41, 5.74) is 0. The molecule has 0 aliphatic heterocycles. The zero-order valence-corrected chi connectivity index (χ0v) is 10.6. The SMILES string of the molecule is CCCC1CCCC(C(=O)C(C)C)CC1. The second-order valence-corrected chi connectivity index (χ2v) is 5.42. The van der Waals surface area contributed by atoms with Gasteiger partial charge in [0.15, 0.2) is 0 Å². The van der Waals surface area contributed by atoms with Gasteiger partial charge in [0.1, 0.15) is 5.78 Å². The van der Waals surface area contributed by atoms with Crippen molar-refractivity contribution in [3.8, 4) is 0 Å². The summed E-state index contributed by atoms with van der Waals surface area (Å²) in [6, 6.07) is 0. The Labute approximate surface area is 94.6 Å². The molecule has 1 aliphatic rings. The van der Waals surface area contributed by atoms with Crippen LogP contribution in [0.3, 0.4) is 0 Å². The van der Waals surface area contributed by atoms with Crippen LogP contribution in [0.5, 0.6) is 0 Å². The highest BCUT2D eigenvalue weighted by atomic mass is 16.1. The van der Waals surface area contributed by atoms with E-state index in [1.807, 2.05) is 13.8 Å². The Morgan fingerprint density at radius 3 is 2.53 bits per heavy atom. The van der Waals surface area contributed by atoms with Crippen LogP contribution in [0.1, 0.15) is 65.7 Å². The number of carbonyl (C=O) groups excluding carboxylic acids is 1. The van der Waals surface area contributed by atoms with Gasteiger partial charge in [-0.1, -0.05) is 46.5 Å². The summed E-state index contributed by atoms with van der Waals surface area (Å²) in [5.74, 6) is 2.02. The van der Waals surface area contributed by atoms with Gasteiger partial charge in [-0.05, 0) is 25.2 Å². The summed E-state index contributed by atoms with van der Waals surface area (Å²) in [6.45, 7) is 6.34. The first kappa shape index (κ1) is 12.7. The third-order valence-corrected chi connectivity index (χ3v) is 3.76. The number of hydrogen-bond acceptors (Lipinski definition) is 1. The van der Waals surface area contributed by atoms with E-state index in [1.165, 1.54) is 32.1 Å². The third kappa shape index (κ3) is 3.96. The molecule has 0 radical (unpaired) electrons. The van der Waals surface area contributed by atoms with Crippen molar-refractivity contribution >= 4 is 5.78 Å². The zero-order chi connectivity index (χ0) is 11.3. The molecule has 0 saturated heterocycles. The van der Waals surface area contributed by atoms with Gasteiger partial charge in [-0.25, -0.2) is 0 Å². The lowest BCUT2D eigenvalue weighted by Crippen LogP contribution is -2.19. The second kappa shape index (κ2) is 6.30. The molecule has 1 aliphatic carbocycles. The van der Waals surface area contributed by atoms with E-state index < -0.39 is 0 Å². The molecule has 0 heterocycles. The van der Waals surface area contributed by atoms with Crippen molar-refractivity contribution in [2.24, 2.45) is 17.8 Å². The molecule has 88 valence electrons. The predicted octanol–water partition coefficient (Wildman–Crippen LogP) is 4.21. The number of ketones is 1. The van der Waals surface area contributed by atoms with Crippen molar-refractivity contribution in [2.45, 2.75) is 65.7 Å². The number of carbonyl (C=O) groups is 1. The standard InChI is InChI=1S/C14H26O/c1-4-6-12-7-5-8-13(10-9-12)14(15)11(2)3/h11-13H,4-10H2,1-3H3. The molecule has 0 aromatic heterocycles. The van der Waals surface area contributed by atoms with Crippen LogP contribution in [0.4, 0.5) is 0 Å². The van der Waals surface area contributed by atoms with Crippen molar-refractivity contribution < 1.29 is 4.79 Å². The lowest BCUT2D eigenvalue weighted by molar-refractivity contribution is -0.126. The minimum absolute atomic E-state index is 0.234. The molecule has 0 aromatic rings. The zero-order valence-electron chi connectivity index (χ0n) is 10.6. The molecule has 1 rings (SSSR count). The van der Waals surface area contributed by atoms with Gasteiger partial charge in [-0.15, -0.1) is 0 Å². The molecule has 0 bridgehead atoms. The van der Waals surface area contributed by atoms with Gasteiger partial charge in [0, 0.05) is 11.8 Å². The van der Waals surface area contributed by atoms with Crippen LogP contribution < -0.4 is 0 Å². The van der Waals surface area contributed by atoms with Gasteiger partial charge in [0.05, 0.1) is 0 Å². The summed E-state index contributed by atoms with van der Waals surface area (Å²) >= 11 is 0. The Kier molecular flexibility index (Phi) is 5.35. The van der Waals surface area contributed by atoms with Gasteiger partial charge < -0.3 is 0 Å². The molecule has 0 spiro atoms. The maximum Gasteiger partial charge on any atom is 0.138 e. The van der Waals surface area contributed by atoms with Crippen LogP contribution in [-0.2, 0) is 4.79 Å². The van der Waals surface area contributed by atoms with E-state index in [-0.39, 0.29) is 5.92 Å². The summed E-state index contributed by atoms with van der Waals surface area (Å²) < 4.78 is 0. The highest BCUT2D eigenvalue weighted by molar-refractivity contribution is 5.82. The van der Waals surface area contributed by atoms with Gasteiger partial charge in [0.2, 0.25) is 0 Å². The first-order valence-corrected chi connectivity index (χ1v) is 6.68. The summed E-state index contributed by atoms with van der Waals surface area (Å²) in [7, 11) is 0. The fraction of sp³-hybridized carbons (Fsp3) is 0.929. The maximum absolute atomic E-state index is 11.9. The van der Waals surface area contributed by atoms with Gasteiger partial charge in [0.25, 0.3) is 0 Å². The van der Waals surface area contributed by atoms with Gasteiger partial charge in [-0.3, -0.25) is 4.79 Å². The Hall–Kier alpha value is -0.330. The van der Waals surface area contributed by atoms with Gasteiger partial charge in [-0.2, -0.15) is 0 Å². The molecular formula is C14H26O. The summed E-state index contributed by atoms with van der Waals surface area (Å²) in [6.07, 6.45) is 8.88. The lowest BCUT2D eigenvalue weighted by Gasteiger charge is -2.15. The highest BCUT2D eigenvalue weighted by Crippen LogP contribution is 2.31. The number of hydrogen-bond donors (Lipinski definition) is 0. The molecule has 1 nitrogen and oxygen atoms in total. The van der Waals surface area contributed by atoms with Crippen molar-refractivity contribution in [2.75, 3.05) is 0 Å². The molecule has 2 atom stereocenters. The Morgan fingerprint density at radius 2 is 1.93 bits per heavy atom. The third-order valence-electron chi connectivity index (χ3n) is 3.76. The molecule has 1 saturated carbocycles. The van der Waals surface area contributed by atoms with Crippen molar-refractivity contribution in [1.82, 2.24) is 0 Å². The molecule has 1 fully saturated rings. The van der Waals surface area contributed by atoms with E-state index in [0.29, 0.717) is 11.7 Å². The van der Waals surface area contributed by atoms with Crippen LogP contribution in [0.15, 0.2) is 0 Å². The van der Waals surface area contributed by atoms with Crippen LogP contribution in [-0.4, -0.2) is 5.78 Å². The smallest absolute Gasteiger partial charge is 0.138 e. The van der Waals surface area contributed by atoms with Crippen LogP contribution >= 0.6 is 0 Å². The monoisotopic (exact) mass is 210 g/mol. The molecule has 15 heavy (non-hydrogen) atoms. The fourth-order valence-electron chi connectivity index (χ4n) is 2.83. The van der Waals surface area contributed by atoms with Crippen LogP contribution in [0, 0.1) is 17.8 Å². The Bertz CT molecular complexity index is 196. The minimum Gasteiger partial charge on any atom is -0.299 e. The summed E-state index contributed by atoms with van der Waals surface area (Å²) in [4.78, 5) is 11.9. The van der Waals surface area contributed by atoms with Crippen molar-refractivity contribution in [1.29, 1.82) is 0 Å². The van der Waals surface area contributed by atoms with Crippen molar-refractivity contribution in [3.63, 3.8) is 0 Å². The quantitative estimate of drug-likeness (QED) is 0.635. The first-order chi connectivity index (χ1) is 7.15. The Morgan fingerprint density at radius 1 is 1.20 bits per heavy atom. The van der Waals surface area contributed by atoms with E-state index in [2.05, 4.69) is 6.92 Å². The normalized spacial score (nSPS) is 27.7. The average molecular weight is 210 g/mol. The largest absolute Gasteiger partial charge is 0.299 e. The van der Waals surface area contributed by atoms with Gasteiger partial charge >= 0.3 is 0 Å². The second-order valence-electron chi connectivity index (χ2n) is 5.42. The fourth-order valence-corrected chi connectivity index (χ4v) is 2.83. The minimum atomic E-state index is 0.234. The predicted molar refractivity (Wildman–Crippen MR) is 64.8 cm³/mol. The Balaban J connectivity index is 2.42.